The number of carbonyl (C=O) groups is 1. The zero-order chi connectivity index (χ0) is 13.1. The van der Waals surface area contributed by atoms with E-state index in [1.807, 2.05) is 0 Å². The highest BCUT2D eigenvalue weighted by Gasteiger charge is 2.27. The lowest BCUT2D eigenvalue weighted by molar-refractivity contribution is -0.118. The molecule has 94 valence electrons. The van der Waals surface area contributed by atoms with Crippen LogP contribution in [0.4, 0.5) is 0 Å². The summed E-state index contributed by atoms with van der Waals surface area (Å²) in [6.07, 6.45) is 1.45. The Morgan fingerprint density at radius 2 is 1.76 bits per heavy atom. The third-order valence-electron chi connectivity index (χ3n) is 3.24. The summed E-state index contributed by atoms with van der Waals surface area (Å²) in [6, 6.07) is 8.51. The molecule has 0 aliphatic rings. The van der Waals surface area contributed by atoms with Gasteiger partial charge in [-0.15, -0.1) is 0 Å². The van der Waals surface area contributed by atoms with Gasteiger partial charge in [0.25, 0.3) is 0 Å². The van der Waals surface area contributed by atoms with Gasteiger partial charge >= 0.3 is 0 Å². The van der Waals surface area contributed by atoms with Gasteiger partial charge in [-0.05, 0) is 28.9 Å². The molecular weight excluding hydrogens is 210 g/mol. The van der Waals surface area contributed by atoms with Crippen LogP contribution in [0.5, 0.6) is 0 Å². The van der Waals surface area contributed by atoms with Crippen molar-refractivity contribution in [1.82, 2.24) is 0 Å². The van der Waals surface area contributed by atoms with Gasteiger partial charge in [0.05, 0.1) is 0 Å². The largest absolute Gasteiger partial charge is 0.370 e. The number of primary amides is 1. The van der Waals surface area contributed by atoms with Gasteiger partial charge in [0.15, 0.2) is 0 Å². The molecule has 2 heteroatoms. The van der Waals surface area contributed by atoms with E-state index < -0.39 is 0 Å². The average Bonchev–Trinajstić information content (AvgIpc) is 2.24. The first-order valence-corrected chi connectivity index (χ1v) is 6.21. The van der Waals surface area contributed by atoms with Gasteiger partial charge in [0.2, 0.25) is 5.91 Å². The van der Waals surface area contributed by atoms with E-state index in [4.69, 9.17) is 5.73 Å². The molecule has 1 amide bonds. The van der Waals surface area contributed by atoms with Crippen LogP contribution >= 0.6 is 0 Å². The predicted octanol–water partition coefficient (Wildman–Crippen LogP) is 3.25. The first kappa shape index (κ1) is 13.8. The summed E-state index contributed by atoms with van der Waals surface area (Å²) in [4.78, 5) is 11.2. The van der Waals surface area contributed by atoms with Crippen LogP contribution in [0, 0.1) is 5.41 Å². The summed E-state index contributed by atoms with van der Waals surface area (Å²) in [5.41, 5.74) is 7.91. The standard InChI is InChI=1S/C15H23NO/c1-5-11-6-8-12(9-7-11)13(10-14(16)17)15(2,3)4/h6-9,13H,5,10H2,1-4H3,(H2,16,17). The molecule has 1 unspecified atom stereocenters. The van der Waals surface area contributed by atoms with Crippen molar-refractivity contribution in [2.45, 2.75) is 46.5 Å². The number of amides is 1. The van der Waals surface area contributed by atoms with Crippen LogP contribution in [0.25, 0.3) is 0 Å². The van der Waals surface area contributed by atoms with Gasteiger partial charge in [-0.3, -0.25) is 4.79 Å². The molecule has 17 heavy (non-hydrogen) atoms. The Hall–Kier alpha value is -1.31. The van der Waals surface area contributed by atoms with Crippen molar-refractivity contribution in [1.29, 1.82) is 0 Å². The quantitative estimate of drug-likeness (QED) is 0.852. The molecular formula is C15H23NO. The zero-order valence-corrected chi connectivity index (χ0v) is 11.3. The van der Waals surface area contributed by atoms with Crippen molar-refractivity contribution in [3.8, 4) is 0 Å². The average molecular weight is 233 g/mol. The van der Waals surface area contributed by atoms with Crippen LogP contribution in [0.3, 0.4) is 0 Å². The maximum atomic E-state index is 11.2. The molecule has 0 bridgehead atoms. The molecule has 1 rings (SSSR count). The Morgan fingerprint density at radius 3 is 2.12 bits per heavy atom. The van der Waals surface area contributed by atoms with Crippen molar-refractivity contribution in [3.63, 3.8) is 0 Å². The number of aryl methyl sites for hydroxylation is 1. The molecule has 0 heterocycles. The molecule has 2 nitrogen and oxygen atoms in total. The maximum absolute atomic E-state index is 11.2. The lowest BCUT2D eigenvalue weighted by atomic mass is 9.74. The first-order valence-electron chi connectivity index (χ1n) is 6.21. The number of nitrogens with two attached hydrogens (primary N) is 1. The molecule has 0 aliphatic heterocycles. The van der Waals surface area contributed by atoms with E-state index in [9.17, 15) is 4.79 Å². The summed E-state index contributed by atoms with van der Waals surface area (Å²) in [5, 5.41) is 0. The first-order chi connectivity index (χ1) is 7.84. The maximum Gasteiger partial charge on any atom is 0.218 e. The SMILES string of the molecule is CCc1ccc(C(CC(N)=O)C(C)(C)C)cc1. The minimum absolute atomic E-state index is 0.0444. The number of hydrogen-bond donors (Lipinski definition) is 1. The highest BCUT2D eigenvalue weighted by Crippen LogP contribution is 2.37. The van der Waals surface area contributed by atoms with E-state index in [0.29, 0.717) is 6.42 Å². The minimum Gasteiger partial charge on any atom is -0.370 e. The molecule has 0 fully saturated rings. The second kappa shape index (κ2) is 5.35. The fourth-order valence-corrected chi connectivity index (χ4v) is 2.11. The summed E-state index contributed by atoms with van der Waals surface area (Å²) >= 11 is 0. The molecule has 1 aromatic rings. The Labute approximate surface area is 104 Å². The van der Waals surface area contributed by atoms with Crippen molar-refractivity contribution in [2.24, 2.45) is 11.1 Å². The Balaban J connectivity index is 3.00. The van der Waals surface area contributed by atoms with E-state index in [2.05, 4.69) is 52.0 Å². The normalized spacial score (nSPS) is 13.4. The molecule has 2 N–H and O–H groups in total. The fraction of sp³-hybridized carbons (Fsp3) is 0.533. The molecule has 0 aliphatic carbocycles. The van der Waals surface area contributed by atoms with E-state index in [1.54, 1.807) is 0 Å². The van der Waals surface area contributed by atoms with Crippen molar-refractivity contribution < 1.29 is 4.79 Å². The number of hydrogen-bond acceptors (Lipinski definition) is 1. The molecule has 0 spiro atoms. The molecule has 0 aromatic heterocycles. The van der Waals surface area contributed by atoms with Crippen LogP contribution in [0.2, 0.25) is 0 Å². The van der Waals surface area contributed by atoms with Crippen LogP contribution in [0.1, 0.15) is 51.2 Å². The van der Waals surface area contributed by atoms with Gasteiger partial charge in [0.1, 0.15) is 0 Å². The van der Waals surface area contributed by atoms with Gasteiger partial charge in [0, 0.05) is 6.42 Å². The molecule has 1 aromatic carbocycles. The van der Waals surface area contributed by atoms with Crippen molar-refractivity contribution >= 4 is 5.91 Å². The Bertz CT molecular complexity index is 373. The highest BCUT2D eigenvalue weighted by atomic mass is 16.1. The van der Waals surface area contributed by atoms with Crippen LogP contribution < -0.4 is 5.73 Å². The topological polar surface area (TPSA) is 43.1 Å². The molecule has 0 radical (unpaired) electrons. The van der Waals surface area contributed by atoms with Crippen molar-refractivity contribution in [3.05, 3.63) is 35.4 Å². The summed E-state index contributed by atoms with van der Waals surface area (Å²) < 4.78 is 0. The van der Waals surface area contributed by atoms with E-state index in [-0.39, 0.29) is 17.2 Å². The van der Waals surface area contributed by atoms with Gasteiger partial charge < -0.3 is 5.73 Å². The lowest BCUT2D eigenvalue weighted by Crippen LogP contribution is -2.24. The Morgan fingerprint density at radius 1 is 1.24 bits per heavy atom. The number of carbonyl (C=O) groups excluding carboxylic acids is 1. The molecule has 1 atom stereocenters. The molecule has 0 saturated carbocycles. The van der Waals surface area contributed by atoms with E-state index in [0.717, 1.165) is 6.42 Å². The monoisotopic (exact) mass is 233 g/mol. The Kier molecular flexibility index (Phi) is 4.33. The van der Waals surface area contributed by atoms with Crippen LogP contribution in [0.15, 0.2) is 24.3 Å². The van der Waals surface area contributed by atoms with Crippen molar-refractivity contribution in [2.75, 3.05) is 0 Å². The predicted molar refractivity (Wildman–Crippen MR) is 71.8 cm³/mol. The third kappa shape index (κ3) is 3.88. The third-order valence-corrected chi connectivity index (χ3v) is 3.24. The number of rotatable bonds is 4. The summed E-state index contributed by atoms with van der Waals surface area (Å²) in [6.45, 7) is 8.58. The fourth-order valence-electron chi connectivity index (χ4n) is 2.11. The minimum atomic E-state index is -0.232. The van der Waals surface area contributed by atoms with Crippen LogP contribution in [-0.2, 0) is 11.2 Å². The zero-order valence-electron chi connectivity index (χ0n) is 11.3. The highest BCUT2D eigenvalue weighted by molar-refractivity contribution is 5.75. The second-order valence-electron chi connectivity index (χ2n) is 5.68. The second-order valence-corrected chi connectivity index (χ2v) is 5.68. The van der Waals surface area contributed by atoms with E-state index >= 15 is 0 Å². The van der Waals surface area contributed by atoms with Gasteiger partial charge in [-0.25, -0.2) is 0 Å². The summed E-state index contributed by atoms with van der Waals surface area (Å²) in [5.74, 6) is -0.0459. The van der Waals surface area contributed by atoms with Gasteiger partial charge in [-0.2, -0.15) is 0 Å². The molecule has 0 saturated heterocycles. The van der Waals surface area contributed by atoms with Crippen LogP contribution in [-0.4, -0.2) is 5.91 Å². The number of benzene rings is 1. The lowest BCUT2D eigenvalue weighted by Gasteiger charge is -2.30. The van der Waals surface area contributed by atoms with E-state index in [1.165, 1.54) is 11.1 Å². The summed E-state index contributed by atoms with van der Waals surface area (Å²) in [7, 11) is 0. The smallest absolute Gasteiger partial charge is 0.218 e. The van der Waals surface area contributed by atoms with Gasteiger partial charge in [-0.1, -0.05) is 52.0 Å².